The number of hydrogen-bond donors (Lipinski definition) is 3. The molecule has 2 aliphatic rings. The summed E-state index contributed by atoms with van der Waals surface area (Å²) in [4.78, 5) is 12.3. The average molecular weight is 387 g/mol. The molecule has 1 aromatic carbocycles. The number of amides is 1. The first-order chi connectivity index (χ1) is 12.8. The molecule has 3 rings (SSSR count). The van der Waals surface area contributed by atoms with Crippen LogP contribution in [0, 0.1) is 11.8 Å². The van der Waals surface area contributed by atoms with Crippen molar-refractivity contribution in [3.05, 3.63) is 34.9 Å². The molecule has 5 atom stereocenters. The van der Waals surface area contributed by atoms with Crippen molar-refractivity contribution in [2.45, 2.75) is 43.8 Å². The molecule has 27 heavy (non-hydrogen) atoms. The number of carbonyl (C=O) groups is 1. The van der Waals surface area contributed by atoms with Gasteiger partial charge in [0.15, 0.2) is 0 Å². The van der Waals surface area contributed by atoms with Crippen molar-refractivity contribution in [2.24, 2.45) is 17.6 Å². The number of carbonyl (C=O) groups excluding carboxylic acids is 1. The van der Waals surface area contributed by atoms with Gasteiger partial charge in [0.2, 0.25) is 5.91 Å². The molecule has 1 amide bonds. The summed E-state index contributed by atoms with van der Waals surface area (Å²) in [6.07, 6.45) is -3.99. The summed E-state index contributed by atoms with van der Waals surface area (Å²) in [6.45, 7) is -0.197. The lowest BCUT2D eigenvalue weighted by Gasteiger charge is -2.46. The van der Waals surface area contributed by atoms with Gasteiger partial charge in [-0.15, -0.1) is 0 Å². The lowest BCUT2D eigenvalue weighted by Crippen LogP contribution is -2.59. The van der Waals surface area contributed by atoms with Crippen LogP contribution in [-0.4, -0.2) is 32.3 Å². The molecule has 4 N–H and O–H groups in total. The Bertz CT molecular complexity index is 698. The van der Waals surface area contributed by atoms with Gasteiger partial charge in [0.25, 0.3) is 0 Å². The molecule has 150 valence electrons. The zero-order valence-electron chi connectivity index (χ0n) is 15.2. The van der Waals surface area contributed by atoms with Crippen LogP contribution in [0.5, 0.6) is 0 Å². The van der Waals surface area contributed by atoms with Crippen molar-refractivity contribution < 1.29 is 27.4 Å². The predicted octanol–water partition coefficient (Wildman–Crippen LogP) is 1.90. The van der Waals surface area contributed by atoms with Crippen LogP contribution in [0.15, 0.2) is 18.2 Å². The Morgan fingerprint density at radius 3 is 2.44 bits per heavy atom. The molecule has 1 saturated carbocycles. The minimum absolute atomic E-state index is 0.0421. The second-order valence-corrected chi connectivity index (χ2v) is 7.02. The molecule has 2 fully saturated rings. The molecule has 1 aliphatic carbocycles. The highest BCUT2D eigenvalue weighted by molar-refractivity contribution is 5.79. The Morgan fingerprint density at radius 1 is 1.19 bits per heavy atom. The lowest BCUT2D eigenvalue weighted by molar-refractivity contribution is -0.145. The smallest absolute Gasteiger partial charge is 0.379 e. The Balaban J connectivity index is 1.95. The van der Waals surface area contributed by atoms with Gasteiger partial charge < -0.3 is 15.2 Å². The highest BCUT2D eigenvalue weighted by atomic mass is 19.4. The number of halogens is 3. The first-order valence-electron chi connectivity index (χ1n) is 8.81. The zero-order valence-corrected chi connectivity index (χ0v) is 15.2. The van der Waals surface area contributed by atoms with E-state index in [4.69, 9.17) is 15.2 Å². The number of rotatable bonds is 4. The molecule has 0 radical (unpaired) electrons. The minimum atomic E-state index is -4.50. The Morgan fingerprint density at radius 2 is 1.85 bits per heavy atom. The standard InChI is InChI=1S/C18H24F3N3O3/c1-26-14-6-11-12(7-15(14)27-2)17(25)24-23-16(11)9-3-4-10(8-22)13(5-9)18(19,20)21/h3-5,11-12,14-16,23H,6-8,22H2,1-2H3,(H,24,25). The van der Waals surface area contributed by atoms with Crippen LogP contribution in [0.4, 0.5) is 13.2 Å². The van der Waals surface area contributed by atoms with E-state index >= 15 is 0 Å². The Kier molecular flexibility index (Phi) is 5.76. The number of alkyl halides is 3. The molecular formula is C18H24F3N3O3. The van der Waals surface area contributed by atoms with E-state index in [0.29, 0.717) is 18.4 Å². The molecular weight excluding hydrogens is 363 g/mol. The fourth-order valence-corrected chi connectivity index (χ4v) is 4.24. The first-order valence-corrected chi connectivity index (χ1v) is 8.81. The topological polar surface area (TPSA) is 85.6 Å². The van der Waals surface area contributed by atoms with Gasteiger partial charge >= 0.3 is 6.18 Å². The Hall–Kier alpha value is -1.68. The molecule has 1 aliphatic heterocycles. The van der Waals surface area contributed by atoms with E-state index in [-0.39, 0.29) is 42.1 Å². The SMILES string of the molecule is COC1CC2C(=O)NNC(c3ccc(CN)c(C(F)(F)F)c3)C2CC1OC. The predicted molar refractivity (Wildman–Crippen MR) is 91.2 cm³/mol. The third kappa shape index (κ3) is 3.82. The van der Waals surface area contributed by atoms with Crippen LogP contribution in [0.25, 0.3) is 0 Å². The van der Waals surface area contributed by atoms with Gasteiger partial charge in [-0.3, -0.25) is 10.2 Å². The minimum Gasteiger partial charge on any atom is -0.379 e. The number of methoxy groups -OCH3 is 2. The monoisotopic (exact) mass is 387 g/mol. The molecule has 5 unspecified atom stereocenters. The normalized spacial score (nSPS) is 31.3. The summed E-state index contributed by atoms with van der Waals surface area (Å²) < 4.78 is 51.2. The van der Waals surface area contributed by atoms with Crippen molar-refractivity contribution >= 4 is 5.91 Å². The number of ether oxygens (including phenoxy) is 2. The van der Waals surface area contributed by atoms with E-state index in [1.54, 1.807) is 20.3 Å². The van der Waals surface area contributed by atoms with E-state index in [9.17, 15) is 18.0 Å². The summed E-state index contributed by atoms with van der Waals surface area (Å²) in [5.74, 6) is -0.751. The van der Waals surface area contributed by atoms with Crippen LogP contribution >= 0.6 is 0 Å². The molecule has 9 heteroatoms. The summed E-state index contributed by atoms with van der Waals surface area (Å²) in [7, 11) is 3.13. The van der Waals surface area contributed by atoms with Gasteiger partial charge in [-0.2, -0.15) is 13.2 Å². The van der Waals surface area contributed by atoms with Crippen molar-refractivity contribution in [3.63, 3.8) is 0 Å². The maximum Gasteiger partial charge on any atom is 0.416 e. The van der Waals surface area contributed by atoms with Crippen LogP contribution < -0.4 is 16.6 Å². The highest BCUT2D eigenvalue weighted by Crippen LogP contribution is 2.43. The van der Waals surface area contributed by atoms with Gasteiger partial charge in [-0.25, -0.2) is 5.43 Å². The third-order valence-corrected chi connectivity index (χ3v) is 5.66. The van der Waals surface area contributed by atoms with Crippen LogP contribution in [0.3, 0.4) is 0 Å². The molecule has 1 saturated heterocycles. The Labute approximate surface area is 155 Å². The molecule has 0 bridgehead atoms. The third-order valence-electron chi connectivity index (χ3n) is 5.66. The van der Waals surface area contributed by atoms with Gasteiger partial charge in [0.05, 0.1) is 23.8 Å². The van der Waals surface area contributed by atoms with Crippen LogP contribution in [-0.2, 0) is 27.0 Å². The largest absolute Gasteiger partial charge is 0.416 e. The summed E-state index contributed by atoms with van der Waals surface area (Å²) in [6, 6.07) is 3.70. The van der Waals surface area contributed by atoms with Gasteiger partial charge in [-0.05, 0) is 36.0 Å². The first kappa shape index (κ1) is 20.1. The number of nitrogens with one attached hydrogen (secondary N) is 2. The quantitative estimate of drug-likeness (QED) is 0.735. The maximum atomic E-state index is 13.4. The van der Waals surface area contributed by atoms with Crippen LogP contribution in [0.2, 0.25) is 0 Å². The summed E-state index contributed by atoms with van der Waals surface area (Å²) >= 11 is 0. The van der Waals surface area contributed by atoms with Crippen molar-refractivity contribution in [2.75, 3.05) is 14.2 Å². The van der Waals surface area contributed by atoms with Gasteiger partial charge in [-0.1, -0.05) is 12.1 Å². The van der Waals surface area contributed by atoms with Crippen molar-refractivity contribution in [1.82, 2.24) is 10.9 Å². The number of benzene rings is 1. The maximum absolute atomic E-state index is 13.4. The molecule has 1 heterocycles. The fraction of sp³-hybridized carbons (Fsp3) is 0.611. The van der Waals surface area contributed by atoms with E-state index < -0.39 is 17.8 Å². The number of nitrogens with two attached hydrogens (primary N) is 1. The van der Waals surface area contributed by atoms with E-state index in [0.717, 1.165) is 6.07 Å². The molecule has 0 spiro atoms. The van der Waals surface area contributed by atoms with E-state index in [1.807, 2.05) is 0 Å². The fourth-order valence-electron chi connectivity index (χ4n) is 4.24. The lowest BCUT2D eigenvalue weighted by atomic mass is 9.70. The average Bonchev–Trinajstić information content (AvgIpc) is 2.66. The second kappa shape index (κ2) is 7.75. The number of hydrogen-bond acceptors (Lipinski definition) is 5. The summed E-state index contributed by atoms with van der Waals surface area (Å²) in [5, 5.41) is 0. The highest BCUT2D eigenvalue weighted by Gasteiger charge is 2.47. The van der Waals surface area contributed by atoms with Crippen molar-refractivity contribution in [1.29, 1.82) is 0 Å². The van der Waals surface area contributed by atoms with Crippen LogP contribution in [0.1, 0.15) is 35.6 Å². The van der Waals surface area contributed by atoms with Gasteiger partial charge in [0, 0.05) is 26.7 Å². The van der Waals surface area contributed by atoms with E-state index in [2.05, 4.69) is 10.9 Å². The molecule has 0 aromatic heterocycles. The number of fused-ring (bicyclic) bond motifs is 1. The summed E-state index contributed by atoms with van der Waals surface area (Å²) in [5.41, 5.74) is 10.7. The zero-order chi connectivity index (χ0) is 19.8. The molecule has 1 aromatic rings. The van der Waals surface area contributed by atoms with E-state index in [1.165, 1.54) is 6.07 Å². The molecule has 6 nitrogen and oxygen atoms in total. The van der Waals surface area contributed by atoms with Crippen molar-refractivity contribution in [3.8, 4) is 0 Å². The second-order valence-electron chi connectivity index (χ2n) is 7.02. The number of hydrazine groups is 1. The van der Waals surface area contributed by atoms with Gasteiger partial charge in [0.1, 0.15) is 0 Å².